The van der Waals surface area contributed by atoms with Gasteiger partial charge in [-0.1, -0.05) is 39.0 Å². The van der Waals surface area contributed by atoms with Gasteiger partial charge in [-0.25, -0.2) is 15.0 Å². The maximum atomic E-state index is 4.52. The van der Waals surface area contributed by atoms with Crippen LogP contribution in [0.3, 0.4) is 0 Å². The second kappa shape index (κ2) is 5.61. The fourth-order valence-electron chi connectivity index (χ4n) is 2.71. The fraction of sp³-hybridized carbons (Fsp3) is 0.316. The van der Waals surface area contributed by atoms with Crippen LogP contribution in [0.15, 0.2) is 43.0 Å². The van der Waals surface area contributed by atoms with Crippen molar-refractivity contribution >= 4 is 0 Å². The van der Waals surface area contributed by atoms with Crippen molar-refractivity contribution in [2.75, 3.05) is 0 Å². The number of para-hydroxylation sites is 1. The molecule has 0 saturated carbocycles. The van der Waals surface area contributed by atoms with E-state index in [2.05, 4.69) is 72.3 Å². The molecule has 0 radical (unpaired) electrons. The minimum absolute atomic E-state index is 0.0550. The third-order valence-corrected chi connectivity index (χ3v) is 3.90. The highest BCUT2D eigenvalue weighted by atomic mass is 15.1. The van der Waals surface area contributed by atoms with Crippen molar-refractivity contribution < 1.29 is 0 Å². The van der Waals surface area contributed by atoms with Gasteiger partial charge in [-0.2, -0.15) is 0 Å². The molecule has 0 fully saturated rings. The molecule has 0 aliphatic carbocycles. The van der Waals surface area contributed by atoms with Gasteiger partial charge in [0.2, 0.25) is 0 Å². The zero-order valence-corrected chi connectivity index (χ0v) is 14.3. The second-order valence-corrected chi connectivity index (χ2v) is 6.91. The van der Waals surface area contributed by atoms with Crippen molar-refractivity contribution in [3.63, 3.8) is 0 Å². The lowest BCUT2D eigenvalue weighted by atomic mass is 9.96. The first-order valence-electron chi connectivity index (χ1n) is 7.81. The average molecular weight is 306 g/mol. The van der Waals surface area contributed by atoms with Crippen molar-refractivity contribution in [1.29, 1.82) is 0 Å². The molecule has 0 bridgehead atoms. The number of rotatable bonds is 2. The topological polar surface area (TPSA) is 43.6 Å². The number of aryl methyl sites for hydroxylation is 2. The van der Waals surface area contributed by atoms with Crippen molar-refractivity contribution in [1.82, 2.24) is 19.5 Å². The molecule has 3 rings (SSSR count). The largest absolute Gasteiger partial charge is 0.299 e. The summed E-state index contributed by atoms with van der Waals surface area (Å²) in [5.41, 5.74) is 4.47. The van der Waals surface area contributed by atoms with E-state index in [0.717, 1.165) is 17.2 Å². The molecule has 23 heavy (non-hydrogen) atoms. The zero-order chi connectivity index (χ0) is 16.6. The summed E-state index contributed by atoms with van der Waals surface area (Å²) >= 11 is 0. The van der Waals surface area contributed by atoms with Crippen LogP contribution in [0.5, 0.6) is 0 Å². The van der Waals surface area contributed by atoms with Crippen LogP contribution < -0.4 is 0 Å². The lowest BCUT2D eigenvalue weighted by Gasteiger charge is -2.17. The van der Waals surface area contributed by atoms with Gasteiger partial charge in [0.15, 0.2) is 0 Å². The summed E-state index contributed by atoms with van der Waals surface area (Å²) in [6.45, 7) is 10.6. The Labute approximate surface area is 137 Å². The molecule has 2 heterocycles. The molecule has 2 aromatic heterocycles. The fourth-order valence-corrected chi connectivity index (χ4v) is 2.71. The summed E-state index contributed by atoms with van der Waals surface area (Å²) in [6.07, 6.45) is 7.53. The first-order valence-corrected chi connectivity index (χ1v) is 7.81. The van der Waals surface area contributed by atoms with Crippen LogP contribution in [0.4, 0.5) is 0 Å². The van der Waals surface area contributed by atoms with Crippen LogP contribution in [0, 0.1) is 13.8 Å². The van der Waals surface area contributed by atoms with E-state index in [4.69, 9.17) is 0 Å². The van der Waals surface area contributed by atoms with Crippen LogP contribution in [-0.4, -0.2) is 19.5 Å². The summed E-state index contributed by atoms with van der Waals surface area (Å²) in [6, 6.07) is 6.31. The van der Waals surface area contributed by atoms with Gasteiger partial charge in [0.05, 0.1) is 11.3 Å². The van der Waals surface area contributed by atoms with E-state index >= 15 is 0 Å². The number of imidazole rings is 1. The van der Waals surface area contributed by atoms with Gasteiger partial charge in [-0.15, -0.1) is 0 Å². The third kappa shape index (κ3) is 2.89. The molecule has 0 aliphatic heterocycles. The molecule has 4 heteroatoms. The van der Waals surface area contributed by atoms with Gasteiger partial charge >= 0.3 is 0 Å². The summed E-state index contributed by atoms with van der Waals surface area (Å²) in [5.74, 6) is 1.70. The molecule has 4 nitrogen and oxygen atoms in total. The molecule has 0 unspecified atom stereocenters. The van der Waals surface area contributed by atoms with Crippen LogP contribution >= 0.6 is 0 Å². The molecule has 0 spiro atoms. The Balaban J connectivity index is 2.09. The van der Waals surface area contributed by atoms with E-state index in [1.807, 2.05) is 24.8 Å². The van der Waals surface area contributed by atoms with Crippen LogP contribution in [0.1, 0.15) is 37.7 Å². The predicted octanol–water partition coefficient (Wildman–Crippen LogP) is 4.24. The highest BCUT2D eigenvalue weighted by Crippen LogP contribution is 2.26. The van der Waals surface area contributed by atoms with E-state index in [1.54, 1.807) is 0 Å². The minimum Gasteiger partial charge on any atom is -0.299 e. The molecule has 0 N–H and O–H groups in total. The maximum absolute atomic E-state index is 4.52. The van der Waals surface area contributed by atoms with Gasteiger partial charge in [0, 0.05) is 30.2 Å². The second-order valence-electron chi connectivity index (χ2n) is 6.91. The van der Waals surface area contributed by atoms with Gasteiger partial charge in [-0.3, -0.25) is 4.57 Å². The minimum atomic E-state index is -0.0550. The lowest BCUT2D eigenvalue weighted by molar-refractivity contribution is 0.545. The molecule has 118 valence electrons. The Kier molecular flexibility index (Phi) is 3.76. The Morgan fingerprint density at radius 1 is 0.913 bits per heavy atom. The summed E-state index contributed by atoms with van der Waals surface area (Å²) in [4.78, 5) is 13.6. The van der Waals surface area contributed by atoms with Crippen molar-refractivity contribution in [2.45, 2.75) is 40.0 Å². The predicted molar refractivity (Wildman–Crippen MR) is 92.8 cm³/mol. The first kappa shape index (κ1) is 15.4. The molecule has 0 aliphatic rings. The lowest BCUT2D eigenvalue weighted by Crippen LogP contribution is -2.15. The monoisotopic (exact) mass is 306 g/mol. The van der Waals surface area contributed by atoms with Crippen molar-refractivity contribution in [3.8, 4) is 17.1 Å². The molecule has 0 atom stereocenters. The van der Waals surface area contributed by atoms with E-state index < -0.39 is 0 Å². The van der Waals surface area contributed by atoms with E-state index in [-0.39, 0.29) is 5.41 Å². The van der Waals surface area contributed by atoms with E-state index in [0.29, 0.717) is 0 Å². The van der Waals surface area contributed by atoms with Gasteiger partial charge < -0.3 is 0 Å². The summed E-state index contributed by atoms with van der Waals surface area (Å²) in [7, 11) is 0. The SMILES string of the molecule is Cc1cccc(C)c1-n1ccnc1-c1cnc(C(C)(C)C)nc1. The van der Waals surface area contributed by atoms with Gasteiger partial charge in [0.25, 0.3) is 0 Å². The van der Waals surface area contributed by atoms with Crippen molar-refractivity contribution in [2.24, 2.45) is 0 Å². The number of hydrogen-bond acceptors (Lipinski definition) is 3. The maximum Gasteiger partial charge on any atom is 0.147 e. The first-order chi connectivity index (χ1) is 10.9. The average Bonchev–Trinajstić information content (AvgIpc) is 2.95. The molecule has 0 amide bonds. The standard InChI is InChI=1S/C19H22N4/c1-13-7-6-8-14(2)16(13)23-10-9-20-17(23)15-11-21-18(22-12-15)19(3,4)5/h6-12H,1-5H3. The molecule has 3 aromatic rings. The van der Waals surface area contributed by atoms with Crippen molar-refractivity contribution in [3.05, 3.63) is 59.9 Å². The summed E-state index contributed by atoms with van der Waals surface area (Å²) in [5, 5.41) is 0. The quantitative estimate of drug-likeness (QED) is 0.711. The van der Waals surface area contributed by atoms with Gasteiger partial charge in [0.1, 0.15) is 11.6 Å². The molecule has 1 aromatic carbocycles. The van der Waals surface area contributed by atoms with Gasteiger partial charge in [-0.05, 0) is 25.0 Å². The molecular weight excluding hydrogens is 284 g/mol. The Morgan fingerprint density at radius 3 is 2.09 bits per heavy atom. The Hall–Kier alpha value is -2.49. The van der Waals surface area contributed by atoms with E-state index in [9.17, 15) is 0 Å². The number of nitrogens with zero attached hydrogens (tertiary/aromatic N) is 4. The van der Waals surface area contributed by atoms with Crippen LogP contribution in [-0.2, 0) is 5.41 Å². The molecular formula is C19H22N4. The highest BCUT2D eigenvalue weighted by Gasteiger charge is 2.18. The summed E-state index contributed by atoms with van der Waals surface area (Å²) < 4.78 is 2.11. The number of benzene rings is 1. The number of aromatic nitrogens is 4. The smallest absolute Gasteiger partial charge is 0.147 e. The zero-order valence-electron chi connectivity index (χ0n) is 14.3. The molecule has 0 saturated heterocycles. The third-order valence-electron chi connectivity index (χ3n) is 3.90. The van der Waals surface area contributed by atoms with Crippen LogP contribution in [0.2, 0.25) is 0 Å². The highest BCUT2D eigenvalue weighted by molar-refractivity contribution is 5.59. The Morgan fingerprint density at radius 2 is 1.52 bits per heavy atom. The van der Waals surface area contributed by atoms with Crippen LogP contribution in [0.25, 0.3) is 17.1 Å². The van der Waals surface area contributed by atoms with E-state index in [1.165, 1.54) is 16.8 Å². The Bertz CT molecular complexity index is 803. The number of hydrogen-bond donors (Lipinski definition) is 0. The normalized spacial score (nSPS) is 11.7.